The Hall–Kier alpha value is -2.96. The van der Waals surface area contributed by atoms with Crippen LogP contribution in [0.1, 0.15) is 25.2 Å². The summed E-state index contributed by atoms with van der Waals surface area (Å²) in [4.78, 5) is 22.1. The zero-order valence-corrected chi connectivity index (χ0v) is 12.0. The SMILES string of the molecule is CCC(Nc1ccc([N+](=O)[O-])cn1)c1nc2ccccc2[nH]1. The van der Waals surface area contributed by atoms with Gasteiger partial charge in [-0.05, 0) is 24.6 Å². The maximum atomic E-state index is 10.6. The molecule has 2 heterocycles. The number of aromatic nitrogens is 3. The summed E-state index contributed by atoms with van der Waals surface area (Å²) in [6, 6.07) is 10.8. The topological polar surface area (TPSA) is 96.7 Å². The molecule has 0 radical (unpaired) electrons. The summed E-state index contributed by atoms with van der Waals surface area (Å²) in [6.07, 6.45) is 2.05. The van der Waals surface area contributed by atoms with Crippen molar-refractivity contribution in [2.45, 2.75) is 19.4 Å². The van der Waals surface area contributed by atoms with Crippen LogP contribution < -0.4 is 5.32 Å². The minimum absolute atomic E-state index is 0.0256. The third-order valence-electron chi connectivity index (χ3n) is 3.43. The number of fused-ring (bicyclic) bond motifs is 1. The monoisotopic (exact) mass is 297 g/mol. The third-order valence-corrected chi connectivity index (χ3v) is 3.43. The summed E-state index contributed by atoms with van der Waals surface area (Å²) in [5.74, 6) is 1.40. The van der Waals surface area contributed by atoms with Crippen molar-refractivity contribution in [1.82, 2.24) is 15.0 Å². The number of imidazole rings is 1. The molecule has 1 aromatic carbocycles. The second-order valence-electron chi connectivity index (χ2n) is 4.90. The van der Waals surface area contributed by atoms with Crippen molar-refractivity contribution in [2.24, 2.45) is 0 Å². The van der Waals surface area contributed by atoms with E-state index in [2.05, 4.69) is 20.3 Å². The van der Waals surface area contributed by atoms with E-state index >= 15 is 0 Å². The van der Waals surface area contributed by atoms with Crippen molar-refractivity contribution in [3.8, 4) is 0 Å². The first kappa shape index (κ1) is 14.0. The van der Waals surface area contributed by atoms with Crippen LogP contribution in [-0.2, 0) is 0 Å². The molecule has 7 heteroatoms. The highest BCUT2D eigenvalue weighted by Crippen LogP contribution is 2.22. The normalized spacial score (nSPS) is 12.2. The van der Waals surface area contributed by atoms with Gasteiger partial charge in [-0.25, -0.2) is 9.97 Å². The average Bonchev–Trinajstić information content (AvgIpc) is 2.96. The first-order chi connectivity index (χ1) is 10.7. The number of rotatable bonds is 5. The fourth-order valence-corrected chi connectivity index (χ4v) is 2.26. The predicted molar refractivity (Wildman–Crippen MR) is 83.6 cm³/mol. The lowest BCUT2D eigenvalue weighted by molar-refractivity contribution is -0.385. The fraction of sp³-hybridized carbons (Fsp3) is 0.200. The summed E-state index contributed by atoms with van der Waals surface area (Å²) in [7, 11) is 0. The lowest BCUT2D eigenvalue weighted by atomic mass is 10.2. The Bertz CT molecular complexity index is 764. The fourth-order valence-electron chi connectivity index (χ4n) is 2.26. The predicted octanol–water partition coefficient (Wildman–Crippen LogP) is 3.43. The standard InChI is InChI=1S/C15H15N5O2/c1-2-11(15-18-12-5-3-4-6-13(12)19-15)17-14-8-7-10(9-16-14)20(21)22/h3-9,11H,2H2,1H3,(H,16,17)(H,18,19). The van der Waals surface area contributed by atoms with Gasteiger partial charge in [-0.2, -0.15) is 0 Å². The van der Waals surface area contributed by atoms with Crippen LogP contribution in [-0.4, -0.2) is 19.9 Å². The van der Waals surface area contributed by atoms with Gasteiger partial charge in [-0.15, -0.1) is 0 Å². The minimum Gasteiger partial charge on any atom is -0.360 e. The van der Waals surface area contributed by atoms with Gasteiger partial charge in [-0.1, -0.05) is 19.1 Å². The van der Waals surface area contributed by atoms with Gasteiger partial charge in [0.15, 0.2) is 0 Å². The quantitative estimate of drug-likeness (QED) is 0.555. The maximum absolute atomic E-state index is 10.6. The van der Waals surface area contributed by atoms with Gasteiger partial charge in [0.05, 0.1) is 22.0 Å². The smallest absolute Gasteiger partial charge is 0.287 e. The Kier molecular flexibility index (Phi) is 3.69. The lowest BCUT2D eigenvalue weighted by Gasteiger charge is -2.14. The molecule has 22 heavy (non-hydrogen) atoms. The molecule has 3 aromatic rings. The number of hydrogen-bond acceptors (Lipinski definition) is 5. The van der Waals surface area contributed by atoms with Crippen LogP contribution in [0, 0.1) is 10.1 Å². The van der Waals surface area contributed by atoms with Gasteiger partial charge in [0, 0.05) is 6.07 Å². The van der Waals surface area contributed by atoms with E-state index in [1.807, 2.05) is 31.2 Å². The van der Waals surface area contributed by atoms with Crippen LogP contribution in [0.3, 0.4) is 0 Å². The van der Waals surface area contributed by atoms with Crippen LogP contribution in [0.25, 0.3) is 11.0 Å². The van der Waals surface area contributed by atoms with E-state index < -0.39 is 4.92 Å². The van der Waals surface area contributed by atoms with Crippen molar-refractivity contribution < 1.29 is 4.92 Å². The van der Waals surface area contributed by atoms with Crippen LogP contribution >= 0.6 is 0 Å². The highest BCUT2D eigenvalue weighted by Gasteiger charge is 2.15. The number of para-hydroxylation sites is 2. The van der Waals surface area contributed by atoms with E-state index in [4.69, 9.17) is 0 Å². The summed E-state index contributed by atoms with van der Waals surface area (Å²) in [5.41, 5.74) is 1.87. The van der Waals surface area contributed by atoms with Gasteiger partial charge in [-0.3, -0.25) is 10.1 Å². The molecule has 0 saturated heterocycles. The molecule has 0 fully saturated rings. The van der Waals surface area contributed by atoms with E-state index in [9.17, 15) is 10.1 Å². The number of hydrogen-bond donors (Lipinski definition) is 2. The Morgan fingerprint density at radius 1 is 1.32 bits per heavy atom. The van der Waals surface area contributed by atoms with Crippen LogP contribution in [0.15, 0.2) is 42.6 Å². The van der Waals surface area contributed by atoms with Gasteiger partial charge >= 0.3 is 0 Å². The third kappa shape index (κ3) is 2.73. The Balaban J connectivity index is 1.83. The molecule has 2 aromatic heterocycles. The van der Waals surface area contributed by atoms with E-state index in [1.54, 1.807) is 6.07 Å². The number of nitrogens with one attached hydrogen (secondary N) is 2. The van der Waals surface area contributed by atoms with E-state index in [0.29, 0.717) is 5.82 Å². The van der Waals surface area contributed by atoms with Crippen molar-refractivity contribution in [1.29, 1.82) is 0 Å². The second-order valence-corrected chi connectivity index (χ2v) is 4.90. The molecule has 3 rings (SSSR count). The highest BCUT2D eigenvalue weighted by atomic mass is 16.6. The van der Waals surface area contributed by atoms with Gasteiger partial charge in [0.2, 0.25) is 0 Å². The molecule has 0 spiro atoms. The first-order valence-corrected chi connectivity index (χ1v) is 6.99. The molecular formula is C15H15N5O2. The summed E-state index contributed by atoms with van der Waals surface area (Å²) >= 11 is 0. The lowest BCUT2D eigenvalue weighted by Crippen LogP contribution is -2.12. The molecule has 2 N–H and O–H groups in total. The molecule has 7 nitrogen and oxygen atoms in total. The molecule has 1 unspecified atom stereocenters. The van der Waals surface area contributed by atoms with E-state index in [-0.39, 0.29) is 11.7 Å². The molecule has 0 aliphatic rings. The number of H-pyrrole nitrogens is 1. The number of aromatic amines is 1. The van der Waals surface area contributed by atoms with Crippen LogP contribution in [0.5, 0.6) is 0 Å². The molecular weight excluding hydrogens is 282 g/mol. The zero-order valence-electron chi connectivity index (χ0n) is 12.0. The zero-order chi connectivity index (χ0) is 15.5. The van der Waals surface area contributed by atoms with Crippen molar-refractivity contribution in [3.05, 3.63) is 58.5 Å². The maximum Gasteiger partial charge on any atom is 0.287 e. The molecule has 0 amide bonds. The first-order valence-electron chi connectivity index (χ1n) is 6.99. The van der Waals surface area contributed by atoms with Gasteiger partial charge in [0.25, 0.3) is 5.69 Å². The number of pyridine rings is 1. The summed E-state index contributed by atoms with van der Waals surface area (Å²) < 4.78 is 0. The van der Waals surface area contributed by atoms with E-state index in [1.165, 1.54) is 12.3 Å². The number of nitrogens with zero attached hydrogens (tertiary/aromatic N) is 3. The van der Waals surface area contributed by atoms with Crippen molar-refractivity contribution >= 4 is 22.5 Å². The number of nitro groups is 1. The molecule has 0 aliphatic heterocycles. The van der Waals surface area contributed by atoms with Crippen LogP contribution in [0.4, 0.5) is 11.5 Å². The molecule has 1 atom stereocenters. The Morgan fingerprint density at radius 3 is 2.77 bits per heavy atom. The van der Waals surface area contributed by atoms with E-state index in [0.717, 1.165) is 23.3 Å². The van der Waals surface area contributed by atoms with Crippen LogP contribution in [0.2, 0.25) is 0 Å². The number of anilines is 1. The molecule has 112 valence electrons. The Morgan fingerprint density at radius 2 is 2.14 bits per heavy atom. The highest BCUT2D eigenvalue weighted by molar-refractivity contribution is 5.74. The minimum atomic E-state index is -0.465. The summed E-state index contributed by atoms with van der Waals surface area (Å²) in [5, 5.41) is 13.9. The van der Waals surface area contributed by atoms with Crippen molar-refractivity contribution in [2.75, 3.05) is 5.32 Å². The molecule has 0 aliphatic carbocycles. The average molecular weight is 297 g/mol. The number of benzene rings is 1. The van der Waals surface area contributed by atoms with Crippen molar-refractivity contribution in [3.63, 3.8) is 0 Å². The second kappa shape index (κ2) is 5.80. The molecule has 0 saturated carbocycles. The Labute approximate surface area is 126 Å². The summed E-state index contributed by atoms with van der Waals surface area (Å²) in [6.45, 7) is 2.04. The van der Waals surface area contributed by atoms with Gasteiger partial charge < -0.3 is 10.3 Å². The van der Waals surface area contributed by atoms with Gasteiger partial charge in [0.1, 0.15) is 17.8 Å². The largest absolute Gasteiger partial charge is 0.360 e. The molecule has 0 bridgehead atoms.